The number of anilines is 5. The Kier molecular flexibility index (Phi) is 6.00. The first-order valence-electron chi connectivity index (χ1n) is 20.2. The van der Waals surface area contributed by atoms with Crippen molar-refractivity contribution in [2.24, 2.45) is 0 Å². The van der Waals surface area contributed by atoms with Gasteiger partial charge >= 0.3 is 0 Å². The van der Waals surface area contributed by atoms with Crippen molar-refractivity contribution in [3.05, 3.63) is 107 Å². The second-order valence-corrected chi connectivity index (χ2v) is 17.7. The van der Waals surface area contributed by atoms with Crippen molar-refractivity contribution in [3.63, 3.8) is 0 Å². The molecule has 5 heterocycles. The SMILES string of the molecule is CC1(C)c2c3c(cc4c2N(c2cc(C5CCCCC5)cc5c2B4c2c(oc4ccccc24)N5c2ccc4c(c2)oc2ccccc24)C1(C)C)CCCC3. The predicted octanol–water partition coefficient (Wildman–Crippen LogP) is 11.1. The van der Waals surface area contributed by atoms with Crippen molar-refractivity contribution >= 4 is 84.6 Å². The van der Waals surface area contributed by atoms with E-state index in [9.17, 15) is 0 Å². The van der Waals surface area contributed by atoms with E-state index in [1.54, 1.807) is 16.7 Å². The lowest BCUT2D eigenvalue weighted by Gasteiger charge is -2.48. The van der Waals surface area contributed by atoms with Crippen LogP contribution < -0.4 is 26.2 Å². The average Bonchev–Trinajstić information content (AvgIpc) is 3.79. The monoisotopic (exact) mass is 692 g/mol. The highest BCUT2D eigenvalue weighted by Gasteiger charge is 2.58. The van der Waals surface area contributed by atoms with Gasteiger partial charge in [0.15, 0.2) is 0 Å². The summed E-state index contributed by atoms with van der Waals surface area (Å²) in [6.45, 7) is 10.2. The van der Waals surface area contributed by atoms with Gasteiger partial charge in [-0.05, 0) is 128 Å². The van der Waals surface area contributed by atoms with Crippen molar-refractivity contribution < 1.29 is 8.83 Å². The van der Waals surface area contributed by atoms with Gasteiger partial charge in [-0.25, -0.2) is 0 Å². The van der Waals surface area contributed by atoms with Crippen LogP contribution in [0.5, 0.6) is 0 Å². The van der Waals surface area contributed by atoms with Crippen LogP contribution in [-0.2, 0) is 18.3 Å². The lowest BCUT2D eigenvalue weighted by Crippen LogP contribution is -2.63. The Balaban J connectivity index is 1.21. The van der Waals surface area contributed by atoms with E-state index in [1.165, 1.54) is 102 Å². The van der Waals surface area contributed by atoms with Crippen molar-refractivity contribution in [1.29, 1.82) is 0 Å². The summed E-state index contributed by atoms with van der Waals surface area (Å²) >= 11 is 0. The van der Waals surface area contributed by atoms with Crippen LogP contribution in [0.3, 0.4) is 0 Å². The van der Waals surface area contributed by atoms with E-state index in [4.69, 9.17) is 8.83 Å². The van der Waals surface area contributed by atoms with E-state index in [2.05, 4.69) is 122 Å². The number of benzene rings is 5. The number of nitrogens with zero attached hydrogens (tertiary/aromatic N) is 2. The third-order valence-electron chi connectivity index (χ3n) is 14.6. The predicted molar refractivity (Wildman–Crippen MR) is 221 cm³/mol. The number of aryl methyl sites for hydroxylation is 1. The molecule has 0 spiro atoms. The molecule has 7 aromatic rings. The van der Waals surface area contributed by atoms with Gasteiger partial charge in [0.05, 0.1) is 5.69 Å². The minimum atomic E-state index is -0.128. The molecule has 53 heavy (non-hydrogen) atoms. The van der Waals surface area contributed by atoms with Crippen molar-refractivity contribution in [1.82, 2.24) is 0 Å². The Bertz CT molecular complexity index is 2710. The molecule has 0 N–H and O–H groups in total. The first kappa shape index (κ1) is 30.6. The molecule has 0 unspecified atom stereocenters. The smallest absolute Gasteiger partial charge is 0.257 e. The van der Waals surface area contributed by atoms with Gasteiger partial charge in [0, 0.05) is 55.7 Å². The van der Waals surface area contributed by atoms with Crippen LogP contribution >= 0.6 is 0 Å². The van der Waals surface area contributed by atoms with E-state index in [1.807, 2.05) is 0 Å². The fourth-order valence-electron chi connectivity index (χ4n) is 11.5. The molecule has 2 aromatic heterocycles. The number of hydrogen-bond acceptors (Lipinski definition) is 4. The number of hydrogen-bond donors (Lipinski definition) is 0. The van der Waals surface area contributed by atoms with Gasteiger partial charge in [0.1, 0.15) is 16.7 Å². The molecule has 2 aliphatic carbocycles. The Morgan fingerprint density at radius 2 is 1.38 bits per heavy atom. The number of para-hydroxylation sites is 2. The molecule has 3 aliphatic heterocycles. The second-order valence-electron chi connectivity index (χ2n) is 17.7. The molecule has 5 aromatic carbocycles. The van der Waals surface area contributed by atoms with Crippen LogP contribution in [0, 0.1) is 0 Å². The number of fused-ring (bicyclic) bond motifs is 11. The summed E-state index contributed by atoms with van der Waals surface area (Å²) in [4.78, 5) is 5.28. The van der Waals surface area contributed by atoms with E-state index in [0.717, 1.165) is 39.1 Å². The van der Waals surface area contributed by atoms with E-state index < -0.39 is 0 Å². The van der Waals surface area contributed by atoms with Gasteiger partial charge in [0.25, 0.3) is 6.71 Å². The van der Waals surface area contributed by atoms with Crippen LogP contribution in [-0.4, -0.2) is 12.3 Å². The van der Waals surface area contributed by atoms with Gasteiger partial charge in [-0.1, -0.05) is 75.6 Å². The van der Waals surface area contributed by atoms with Crippen LogP contribution in [0.25, 0.3) is 32.9 Å². The van der Waals surface area contributed by atoms with Gasteiger partial charge in [-0.3, -0.25) is 4.90 Å². The van der Waals surface area contributed by atoms with Gasteiger partial charge in [0.2, 0.25) is 5.88 Å². The molecule has 12 rings (SSSR count). The van der Waals surface area contributed by atoms with E-state index in [-0.39, 0.29) is 17.7 Å². The summed E-state index contributed by atoms with van der Waals surface area (Å²) in [5.74, 6) is 1.51. The zero-order chi connectivity index (χ0) is 35.4. The maximum atomic E-state index is 7.13. The number of rotatable bonds is 2. The molecule has 4 nitrogen and oxygen atoms in total. The average molecular weight is 693 g/mol. The minimum absolute atomic E-state index is 0.0334. The fraction of sp³-hybridized carbons (Fsp3) is 0.333. The van der Waals surface area contributed by atoms with Crippen molar-refractivity contribution in [3.8, 4) is 0 Å². The third-order valence-corrected chi connectivity index (χ3v) is 14.6. The lowest BCUT2D eigenvalue weighted by molar-refractivity contribution is 0.328. The normalized spacial score (nSPS) is 19.5. The molecule has 0 atom stereocenters. The molecule has 5 aliphatic rings. The van der Waals surface area contributed by atoms with Gasteiger partial charge in [-0.2, -0.15) is 0 Å². The van der Waals surface area contributed by atoms with Crippen LogP contribution in [0.2, 0.25) is 0 Å². The Labute approximate surface area is 311 Å². The molecule has 1 fully saturated rings. The Morgan fingerprint density at radius 1 is 0.660 bits per heavy atom. The summed E-state index contributed by atoms with van der Waals surface area (Å²) in [5.41, 5.74) is 18.3. The molecular formula is C48H45BN2O2. The van der Waals surface area contributed by atoms with Gasteiger partial charge < -0.3 is 13.7 Å². The molecule has 0 bridgehead atoms. The highest BCUT2D eigenvalue weighted by atomic mass is 16.4. The highest BCUT2D eigenvalue weighted by Crippen LogP contribution is 2.59. The highest BCUT2D eigenvalue weighted by molar-refractivity contribution is 7.01. The Morgan fingerprint density at radius 3 is 2.21 bits per heavy atom. The largest absolute Gasteiger partial charge is 0.456 e. The van der Waals surface area contributed by atoms with E-state index in [0.29, 0.717) is 5.92 Å². The molecule has 0 saturated heterocycles. The molecule has 262 valence electrons. The number of furan rings is 2. The maximum absolute atomic E-state index is 7.13. The van der Waals surface area contributed by atoms with Crippen molar-refractivity contribution in [2.45, 2.75) is 102 Å². The van der Waals surface area contributed by atoms with Crippen LogP contribution in [0.4, 0.5) is 28.6 Å². The first-order valence-corrected chi connectivity index (χ1v) is 20.2. The lowest BCUT2D eigenvalue weighted by atomic mass is 9.33. The van der Waals surface area contributed by atoms with Crippen LogP contribution in [0.15, 0.2) is 93.8 Å². The molecule has 0 amide bonds. The maximum Gasteiger partial charge on any atom is 0.257 e. The van der Waals surface area contributed by atoms with Crippen molar-refractivity contribution in [2.75, 3.05) is 9.80 Å². The second kappa shape index (κ2) is 10.4. The molecule has 5 heteroatoms. The topological polar surface area (TPSA) is 32.8 Å². The fourth-order valence-corrected chi connectivity index (χ4v) is 11.5. The quantitative estimate of drug-likeness (QED) is 0.169. The summed E-state index contributed by atoms with van der Waals surface area (Å²) in [6, 6.07) is 31.8. The summed E-state index contributed by atoms with van der Waals surface area (Å²) in [7, 11) is 0. The zero-order valence-electron chi connectivity index (χ0n) is 31.3. The van der Waals surface area contributed by atoms with Gasteiger partial charge in [-0.15, -0.1) is 0 Å². The molecule has 0 radical (unpaired) electrons. The third kappa shape index (κ3) is 3.83. The first-order chi connectivity index (χ1) is 25.8. The Hall–Kier alpha value is -4.90. The molecule has 1 saturated carbocycles. The minimum Gasteiger partial charge on any atom is -0.456 e. The summed E-state index contributed by atoms with van der Waals surface area (Å²) < 4.78 is 13.7. The van der Waals surface area contributed by atoms with Crippen LogP contribution in [0.1, 0.15) is 101 Å². The molecular weight excluding hydrogens is 647 g/mol. The van der Waals surface area contributed by atoms with E-state index >= 15 is 0 Å². The summed E-state index contributed by atoms with van der Waals surface area (Å²) in [5, 5.41) is 3.52. The summed E-state index contributed by atoms with van der Waals surface area (Å²) in [6.07, 6.45) is 11.4. The zero-order valence-corrected chi connectivity index (χ0v) is 31.3. The standard InChI is InChI=1S/C48H45BN2O2/c1-47(2)42-32-17-9-8-16-29(32)24-36-45(42)51(48(47,3)4)38-26-30(28-14-6-5-7-15-28)25-37-44(38)49(36)43-35-19-11-13-21-40(35)53-46(43)50(37)31-22-23-34-33-18-10-12-20-39(33)52-41(34)27-31/h10-13,18-28H,5-9,14-17H2,1-4H3.